The summed E-state index contributed by atoms with van der Waals surface area (Å²) < 4.78 is 2.14. The summed E-state index contributed by atoms with van der Waals surface area (Å²) in [5, 5.41) is 3.10. The van der Waals surface area contributed by atoms with E-state index in [1.807, 2.05) is 19.6 Å². The molecule has 0 saturated heterocycles. The van der Waals surface area contributed by atoms with Crippen LogP contribution in [-0.2, 0) is 4.79 Å². The van der Waals surface area contributed by atoms with E-state index in [0.717, 1.165) is 5.69 Å². The number of imidazole rings is 1. The second-order valence-corrected chi connectivity index (χ2v) is 3.97. The zero-order chi connectivity index (χ0) is 10.8. The van der Waals surface area contributed by atoms with E-state index in [4.69, 9.17) is 5.73 Å². The van der Waals surface area contributed by atoms with Gasteiger partial charge in [-0.15, -0.1) is 0 Å². The van der Waals surface area contributed by atoms with Crippen LogP contribution in [0.15, 0.2) is 12.5 Å². The first-order valence-corrected chi connectivity index (χ1v) is 5.19. The minimum absolute atomic E-state index is 0.0226. The molecular weight excluding hydrogens is 192 g/mol. The Balaban J connectivity index is 2.17. The van der Waals surface area contributed by atoms with Crippen LogP contribution in [0.1, 0.15) is 37.0 Å². The Morgan fingerprint density at radius 3 is 3.07 bits per heavy atom. The van der Waals surface area contributed by atoms with Crippen LogP contribution in [-0.4, -0.2) is 22.5 Å². The molecule has 1 aromatic rings. The van der Waals surface area contributed by atoms with Crippen molar-refractivity contribution in [1.82, 2.24) is 14.9 Å². The molecule has 5 heteroatoms. The van der Waals surface area contributed by atoms with E-state index in [-0.39, 0.29) is 11.9 Å². The molecule has 1 fully saturated rings. The standard InChI is InChI=1S/C10H16N4O/c1-12-8(4-10(11)15)9-5-13-6-14(9)7-2-3-7/h5-8,12H,2-4H2,1H3,(H2,11,15). The van der Waals surface area contributed by atoms with Crippen molar-refractivity contribution >= 4 is 5.91 Å². The quantitative estimate of drug-likeness (QED) is 0.733. The highest BCUT2D eigenvalue weighted by Gasteiger charge is 2.27. The van der Waals surface area contributed by atoms with Crippen LogP contribution in [0.2, 0.25) is 0 Å². The summed E-state index contributed by atoms with van der Waals surface area (Å²) in [7, 11) is 1.83. The molecule has 1 unspecified atom stereocenters. The van der Waals surface area contributed by atoms with Crippen LogP contribution in [0.4, 0.5) is 0 Å². The molecule has 1 aliphatic carbocycles. The molecule has 0 radical (unpaired) electrons. The predicted molar refractivity (Wildman–Crippen MR) is 56.1 cm³/mol. The average Bonchev–Trinajstić information content (AvgIpc) is 2.93. The number of nitrogens with two attached hydrogens (primary N) is 1. The largest absolute Gasteiger partial charge is 0.370 e. The van der Waals surface area contributed by atoms with Crippen molar-refractivity contribution in [3.63, 3.8) is 0 Å². The second kappa shape index (κ2) is 4.02. The molecular formula is C10H16N4O. The zero-order valence-corrected chi connectivity index (χ0v) is 8.81. The Morgan fingerprint density at radius 2 is 2.53 bits per heavy atom. The number of primary amides is 1. The molecule has 1 saturated carbocycles. The van der Waals surface area contributed by atoms with E-state index in [2.05, 4.69) is 14.9 Å². The van der Waals surface area contributed by atoms with Crippen molar-refractivity contribution in [1.29, 1.82) is 0 Å². The molecule has 3 N–H and O–H groups in total. The number of rotatable bonds is 5. The fourth-order valence-electron chi connectivity index (χ4n) is 1.80. The Morgan fingerprint density at radius 1 is 1.80 bits per heavy atom. The molecule has 1 amide bonds. The number of aromatic nitrogens is 2. The second-order valence-electron chi connectivity index (χ2n) is 3.97. The van der Waals surface area contributed by atoms with Gasteiger partial charge >= 0.3 is 0 Å². The van der Waals surface area contributed by atoms with Crippen LogP contribution in [0, 0.1) is 0 Å². The van der Waals surface area contributed by atoms with Crippen molar-refractivity contribution < 1.29 is 4.79 Å². The maximum atomic E-state index is 10.9. The first-order chi connectivity index (χ1) is 7.22. The monoisotopic (exact) mass is 208 g/mol. The van der Waals surface area contributed by atoms with E-state index < -0.39 is 0 Å². The lowest BCUT2D eigenvalue weighted by Gasteiger charge is -2.16. The summed E-state index contributed by atoms with van der Waals surface area (Å²) in [5.41, 5.74) is 6.26. The molecule has 5 nitrogen and oxygen atoms in total. The van der Waals surface area contributed by atoms with Gasteiger partial charge in [-0.25, -0.2) is 4.98 Å². The highest BCUT2D eigenvalue weighted by molar-refractivity contribution is 5.74. The van der Waals surface area contributed by atoms with Crippen LogP contribution >= 0.6 is 0 Å². The van der Waals surface area contributed by atoms with Crippen LogP contribution in [0.25, 0.3) is 0 Å². The summed E-state index contributed by atoms with van der Waals surface area (Å²) in [6.07, 6.45) is 6.36. The number of amides is 1. The first kappa shape index (κ1) is 10.2. The average molecular weight is 208 g/mol. The van der Waals surface area contributed by atoms with Gasteiger partial charge in [0, 0.05) is 18.7 Å². The van der Waals surface area contributed by atoms with Crippen LogP contribution in [0.3, 0.4) is 0 Å². The van der Waals surface area contributed by atoms with Crippen molar-refractivity contribution in [2.45, 2.75) is 31.3 Å². The van der Waals surface area contributed by atoms with Gasteiger partial charge in [0.1, 0.15) is 0 Å². The lowest BCUT2D eigenvalue weighted by Crippen LogP contribution is -2.25. The lowest BCUT2D eigenvalue weighted by molar-refractivity contribution is -0.118. The SMILES string of the molecule is CNC(CC(N)=O)c1cncn1C1CC1. The summed E-state index contributed by atoms with van der Waals surface area (Å²) >= 11 is 0. The molecule has 1 aliphatic rings. The minimum atomic E-state index is -0.294. The fourth-order valence-corrected chi connectivity index (χ4v) is 1.80. The van der Waals surface area contributed by atoms with Gasteiger partial charge in [-0.3, -0.25) is 4.79 Å². The van der Waals surface area contributed by atoms with Crippen molar-refractivity contribution in [2.75, 3.05) is 7.05 Å². The third-order valence-corrected chi connectivity index (χ3v) is 2.75. The highest BCUT2D eigenvalue weighted by Crippen LogP contribution is 2.37. The zero-order valence-electron chi connectivity index (χ0n) is 8.81. The van der Waals surface area contributed by atoms with E-state index in [1.54, 1.807) is 0 Å². The summed E-state index contributed by atoms with van der Waals surface area (Å²) in [6.45, 7) is 0. The number of carbonyl (C=O) groups excluding carboxylic acids is 1. The number of hydrogen-bond acceptors (Lipinski definition) is 3. The van der Waals surface area contributed by atoms with Gasteiger partial charge in [-0.1, -0.05) is 0 Å². The van der Waals surface area contributed by atoms with Gasteiger partial charge < -0.3 is 15.6 Å². The van der Waals surface area contributed by atoms with E-state index in [1.165, 1.54) is 12.8 Å². The third-order valence-electron chi connectivity index (χ3n) is 2.75. The van der Waals surface area contributed by atoms with Gasteiger partial charge in [0.25, 0.3) is 0 Å². The molecule has 0 aliphatic heterocycles. The summed E-state index contributed by atoms with van der Waals surface area (Å²) in [4.78, 5) is 15.0. The predicted octanol–water partition coefficient (Wildman–Crippen LogP) is 0.354. The number of nitrogens with zero attached hydrogens (tertiary/aromatic N) is 2. The van der Waals surface area contributed by atoms with E-state index >= 15 is 0 Å². The molecule has 2 rings (SSSR count). The molecule has 0 aromatic carbocycles. The normalized spacial score (nSPS) is 17.7. The van der Waals surface area contributed by atoms with Crippen LogP contribution < -0.4 is 11.1 Å². The van der Waals surface area contributed by atoms with Gasteiger partial charge in [-0.2, -0.15) is 0 Å². The number of carbonyl (C=O) groups is 1. The fraction of sp³-hybridized carbons (Fsp3) is 0.600. The Kier molecular flexibility index (Phi) is 2.73. The van der Waals surface area contributed by atoms with Crippen molar-refractivity contribution in [3.8, 4) is 0 Å². The Hall–Kier alpha value is -1.36. The third kappa shape index (κ3) is 2.18. The van der Waals surface area contributed by atoms with Crippen LogP contribution in [0.5, 0.6) is 0 Å². The molecule has 82 valence electrons. The number of hydrogen-bond donors (Lipinski definition) is 2. The van der Waals surface area contributed by atoms with Gasteiger partial charge in [0.15, 0.2) is 0 Å². The van der Waals surface area contributed by atoms with Gasteiger partial charge in [-0.05, 0) is 19.9 Å². The maximum Gasteiger partial charge on any atom is 0.219 e. The molecule has 1 aromatic heterocycles. The Labute approximate surface area is 88.7 Å². The van der Waals surface area contributed by atoms with Crippen molar-refractivity contribution in [3.05, 3.63) is 18.2 Å². The first-order valence-electron chi connectivity index (χ1n) is 5.19. The Bertz CT molecular complexity index is 356. The molecule has 15 heavy (non-hydrogen) atoms. The summed E-state index contributed by atoms with van der Waals surface area (Å²) in [5.74, 6) is -0.294. The number of nitrogens with one attached hydrogen (secondary N) is 1. The summed E-state index contributed by atoms with van der Waals surface area (Å²) in [6, 6.07) is 0.553. The highest BCUT2D eigenvalue weighted by atomic mass is 16.1. The van der Waals surface area contributed by atoms with E-state index in [9.17, 15) is 4.79 Å². The van der Waals surface area contributed by atoms with Gasteiger partial charge in [0.05, 0.1) is 18.1 Å². The molecule has 0 bridgehead atoms. The van der Waals surface area contributed by atoms with E-state index in [0.29, 0.717) is 12.5 Å². The topological polar surface area (TPSA) is 72.9 Å². The van der Waals surface area contributed by atoms with Crippen molar-refractivity contribution in [2.24, 2.45) is 5.73 Å². The maximum absolute atomic E-state index is 10.9. The minimum Gasteiger partial charge on any atom is -0.370 e. The lowest BCUT2D eigenvalue weighted by atomic mass is 10.1. The molecule has 1 heterocycles. The smallest absolute Gasteiger partial charge is 0.219 e. The molecule has 0 spiro atoms. The van der Waals surface area contributed by atoms with Gasteiger partial charge in [0.2, 0.25) is 5.91 Å². The molecule has 1 atom stereocenters.